The highest BCUT2D eigenvalue weighted by atomic mass is 16.5. The van der Waals surface area contributed by atoms with Crippen molar-refractivity contribution >= 4 is 23.8 Å². The molecule has 0 aromatic rings. The Morgan fingerprint density at radius 2 is 1.78 bits per heavy atom. The van der Waals surface area contributed by atoms with Gasteiger partial charge in [-0.3, -0.25) is 19.2 Å². The number of allylic oxidation sites excluding steroid dienone is 2. The molecule has 0 radical (unpaired) electrons. The van der Waals surface area contributed by atoms with Gasteiger partial charge in [-0.25, -0.2) is 0 Å². The molecule has 2 heterocycles. The summed E-state index contributed by atoms with van der Waals surface area (Å²) in [6.45, 7) is 9.97. The van der Waals surface area contributed by atoms with Crippen LogP contribution in [0.15, 0.2) is 36.0 Å². The Hall–Kier alpha value is -3.02. The number of nitrogens with one attached hydrogen (secondary N) is 1. The fourth-order valence-electron chi connectivity index (χ4n) is 5.10. The normalized spacial score (nSPS) is 31.5. The highest BCUT2D eigenvalue weighted by Gasteiger charge is 2.41. The Bertz CT molecular complexity index is 1020. The number of carboxylic acid groups (broad SMARTS) is 1. The van der Waals surface area contributed by atoms with Gasteiger partial charge in [0.15, 0.2) is 0 Å². The van der Waals surface area contributed by atoms with E-state index in [1.165, 1.54) is 26.0 Å². The van der Waals surface area contributed by atoms with E-state index in [4.69, 9.17) is 18.9 Å². The summed E-state index contributed by atoms with van der Waals surface area (Å²) in [5, 5.41) is 23.1. The van der Waals surface area contributed by atoms with Crippen LogP contribution < -0.4 is 5.32 Å². The van der Waals surface area contributed by atoms with Gasteiger partial charge in [0, 0.05) is 32.8 Å². The fraction of sp³-hybridized carbons (Fsp3) is 0.667. The Kier molecular flexibility index (Phi) is 13.2. The minimum absolute atomic E-state index is 0.0410. The van der Waals surface area contributed by atoms with Crippen molar-refractivity contribution in [3.63, 3.8) is 0 Å². The van der Waals surface area contributed by atoms with E-state index in [1.54, 1.807) is 13.0 Å². The summed E-state index contributed by atoms with van der Waals surface area (Å²) in [6.07, 6.45) is 7.99. The molecule has 3 unspecified atom stereocenters. The summed E-state index contributed by atoms with van der Waals surface area (Å²) in [7, 11) is 0. The fourth-order valence-corrected chi connectivity index (χ4v) is 5.10. The van der Waals surface area contributed by atoms with Gasteiger partial charge in [-0.05, 0) is 45.6 Å². The van der Waals surface area contributed by atoms with Gasteiger partial charge in [-0.2, -0.15) is 0 Å². The molecule has 1 amide bonds. The number of carboxylic acids is 1. The number of amides is 1. The van der Waals surface area contributed by atoms with Crippen LogP contribution in [-0.2, 0) is 38.1 Å². The second-order valence-corrected chi connectivity index (χ2v) is 11.2. The summed E-state index contributed by atoms with van der Waals surface area (Å²) in [5.74, 6) is -2.05. The van der Waals surface area contributed by atoms with Gasteiger partial charge in [-0.15, -0.1) is 0 Å². The predicted octanol–water partition coefficient (Wildman–Crippen LogP) is 3.00. The first-order valence-electron chi connectivity index (χ1n) is 14.0. The van der Waals surface area contributed by atoms with Crippen molar-refractivity contribution in [1.29, 1.82) is 0 Å². The molecule has 11 nitrogen and oxygen atoms in total. The molecular formula is C30H45NO10. The molecule has 0 aromatic carbocycles. The average molecular weight is 580 g/mol. The molecule has 2 saturated heterocycles. The number of rotatable bonds is 12. The molecule has 0 saturated carbocycles. The lowest BCUT2D eigenvalue weighted by Gasteiger charge is -2.39. The standard InChI is InChI=1S/C30H45NO10/c1-18(7-10-24-15-30(37,17-38-22(5)32)16-25(41-24)14-29(35)36)8-11-27-19(2)13-26(21(4)40-27)31-28(34)12-9-20(3)39-23(6)33/h7-10,12,19-21,24-27,37H,11,13-17H2,1-6H3,(H,31,34)(H,35,36)/b10-7+,12-9-,18-8+/t19-,20-,21+,24?,25?,26+,27-,30?/m0/s1. The van der Waals surface area contributed by atoms with E-state index < -0.39 is 41.8 Å². The molecular weight excluding hydrogens is 534 g/mol. The maximum Gasteiger partial charge on any atom is 0.305 e. The summed E-state index contributed by atoms with van der Waals surface area (Å²) in [5.41, 5.74) is -0.427. The highest BCUT2D eigenvalue weighted by Crippen LogP contribution is 2.32. The number of hydrogen-bond acceptors (Lipinski definition) is 9. The summed E-state index contributed by atoms with van der Waals surface area (Å²) < 4.78 is 22.1. The molecule has 0 aromatic heterocycles. The van der Waals surface area contributed by atoms with Crippen molar-refractivity contribution in [2.45, 2.75) is 116 Å². The lowest BCUT2D eigenvalue weighted by Crippen LogP contribution is -2.50. The smallest absolute Gasteiger partial charge is 0.305 e. The van der Waals surface area contributed by atoms with E-state index in [0.717, 1.165) is 12.0 Å². The number of aliphatic carboxylic acids is 1. The van der Waals surface area contributed by atoms with Gasteiger partial charge < -0.3 is 34.5 Å². The van der Waals surface area contributed by atoms with E-state index in [0.29, 0.717) is 6.42 Å². The Morgan fingerprint density at radius 3 is 2.41 bits per heavy atom. The van der Waals surface area contributed by atoms with Gasteiger partial charge in [0.25, 0.3) is 0 Å². The van der Waals surface area contributed by atoms with Crippen molar-refractivity contribution in [3.05, 3.63) is 36.0 Å². The van der Waals surface area contributed by atoms with Crippen LogP contribution in [0.25, 0.3) is 0 Å². The van der Waals surface area contributed by atoms with Crippen molar-refractivity contribution in [1.82, 2.24) is 5.32 Å². The van der Waals surface area contributed by atoms with Crippen LogP contribution in [0.4, 0.5) is 0 Å². The van der Waals surface area contributed by atoms with Crippen LogP contribution in [0.3, 0.4) is 0 Å². The largest absolute Gasteiger partial charge is 0.481 e. The Morgan fingerprint density at radius 1 is 1.07 bits per heavy atom. The lowest BCUT2D eigenvalue weighted by atomic mass is 9.86. The van der Waals surface area contributed by atoms with Crippen LogP contribution >= 0.6 is 0 Å². The van der Waals surface area contributed by atoms with Crippen LogP contribution in [-0.4, -0.2) is 82.8 Å². The van der Waals surface area contributed by atoms with E-state index in [9.17, 15) is 29.4 Å². The van der Waals surface area contributed by atoms with Gasteiger partial charge in [0.1, 0.15) is 18.3 Å². The predicted molar refractivity (Wildman–Crippen MR) is 150 cm³/mol. The van der Waals surface area contributed by atoms with Crippen LogP contribution in [0, 0.1) is 5.92 Å². The lowest BCUT2D eigenvalue weighted by molar-refractivity contribution is -0.174. The van der Waals surface area contributed by atoms with Crippen LogP contribution in [0.2, 0.25) is 0 Å². The quantitative estimate of drug-likeness (QED) is 0.178. The first kappa shape index (κ1) is 34.2. The highest BCUT2D eigenvalue weighted by molar-refractivity contribution is 5.87. The zero-order valence-corrected chi connectivity index (χ0v) is 24.8. The SMILES string of the molecule is CC(=O)OCC1(O)CC(/C=C/C(C)=C/C[C@@H]2O[C@H](C)[C@H](NC(=O)/C=C\[C@H](C)OC(C)=O)C[C@@H]2C)OC(CC(=O)O)C1. The molecule has 0 spiro atoms. The molecule has 230 valence electrons. The molecule has 3 N–H and O–H groups in total. The van der Waals surface area contributed by atoms with Crippen molar-refractivity contribution in [2.75, 3.05) is 6.61 Å². The Balaban J connectivity index is 1.92. The van der Waals surface area contributed by atoms with Gasteiger partial charge >= 0.3 is 17.9 Å². The number of ether oxygens (including phenoxy) is 4. The molecule has 2 aliphatic heterocycles. The molecule has 8 atom stereocenters. The van der Waals surface area contributed by atoms with Gasteiger partial charge in [0.2, 0.25) is 5.91 Å². The number of hydrogen-bond donors (Lipinski definition) is 3. The first-order chi connectivity index (χ1) is 19.2. The Labute approximate surface area is 241 Å². The van der Waals surface area contributed by atoms with E-state index >= 15 is 0 Å². The number of carbonyl (C=O) groups is 4. The molecule has 2 fully saturated rings. The van der Waals surface area contributed by atoms with Crippen molar-refractivity contribution in [3.8, 4) is 0 Å². The summed E-state index contributed by atoms with van der Waals surface area (Å²) >= 11 is 0. The second kappa shape index (κ2) is 15.8. The van der Waals surface area contributed by atoms with E-state index in [1.807, 2.05) is 26.0 Å². The summed E-state index contributed by atoms with van der Waals surface area (Å²) in [6, 6.07) is -0.152. The molecule has 41 heavy (non-hydrogen) atoms. The molecule has 0 bridgehead atoms. The monoisotopic (exact) mass is 579 g/mol. The maximum atomic E-state index is 12.3. The van der Waals surface area contributed by atoms with Crippen LogP contribution in [0.1, 0.15) is 73.6 Å². The minimum atomic E-state index is -1.37. The maximum absolute atomic E-state index is 12.3. The van der Waals surface area contributed by atoms with Crippen molar-refractivity contribution in [2.24, 2.45) is 5.92 Å². The first-order valence-corrected chi connectivity index (χ1v) is 14.0. The number of esters is 2. The average Bonchev–Trinajstić information content (AvgIpc) is 2.85. The minimum Gasteiger partial charge on any atom is -0.481 e. The summed E-state index contributed by atoms with van der Waals surface area (Å²) in [4.78, 5) is 45.8. The third-order valence-electron chi connectivity index (χ3n) is 7.16. The molecule has 0 aliphatic carbocycles. The zero-order chi connectivity index (χ0) is 30.7. The van der Waals surface area contributed by atoms with E-state index in [2.05, 4.69) is 12.2 Å². The molecule has 2 aliphatic rings. The second-order valence-electron chi connectivity index (χ2n) is 11.2. The number of carbonyl (C=O) groups excluding carboxylic acids is 3. The number of aliphatic hydroxyl groups is 1. The topological polar surface area (TPSA) is 158 Å². The van der Waals surface area contributed by atoms with Crippen LogP contribution in [0.5, 0.6) is 0 Å². The zero-order valence-electron chi connectivity index (χ0n) is 24.8. The molecule has 11 heteroatoms. The van der Waals surface area contributed by atoms with Gasteiger partial charge in [-0.1, -0.05) is 30.7 Å². The van der Waals surface area contributed by atoms with Gasteiger partial charge in [0.05, 0.1) is 36.9 Å². The third-order valence-corrected chi connectivity index (χ3v) is 7.16. The molecule has 2 rings (SSSR count). The van der Waals surface area contributed by atoms with Crippen molar-refractivity contribution < 1.29 is 48.3 Å². The third kappa shape index (κ3) is 12.6. The van der Waals surface area contributed by atoms with E-state index in [-0.39, 0.29) is 55.9 Å².